The number of rotatable bonds is 9. The average Bonchev–Trinajstić information content (AvgIpc) is 2.87. The van der Waals surface area contributed by atoms with Gasteiger partial charge in [0.15, 0.2) is 13.2 Å². The highest BCUT2D eigenvalue weighted by Gasteiger charge is 2.48. The summed E-state index contributed by atoms with van der Waals surface area (Å²) in [5.74, 6) is -1.33. The van der Waals surface area contributed by atoms with Crippen LogP contribution in [-0.4, -0.2) is 88.6 Å². The minimum atomic E-state index is -1.55. The molecular formula is C25H32N3O7+. The van der Waals surface area contributed by atoms with Gasteiger partial charge in [-0.1, -0.05) is 49.4 Å². The third-order valence-corrected chi connectivity index (χ3v) is 6.03. The zero-order valence-electron chi connectivity index (χ0n) is 19.7. The van der Waals surface area contributed by atoms with Gasteiger partial charge in [0.1, 0.15) is 12.2 Å². The van der Waals surface area contributed by atoms with Crippen molar-refractivity contribution in [3.05, 3.63) is 65.1 Å². The fraction of sp³-hybridized carbons (Fsp3) is 0.440. The molecule has 1 saturated heterocycles. The van der Waals surface area contributed by atoms with Crippen LogP contribution in [0.25, 0.3) is 11.1 Å². The fourth-order valence-corrected chi connectivity index (χ4v) is 4.14. The van der Waals surface area contributed by atoms with Crippen LogP contribution in [0.1, 0.15) is 23.7 Å². The third kappa shape index (κ3) is 6.56. The Morgan fingerprint density at radius 3 is 2.31 bits per heavy atom. The zero-order chi connectivity index (χ0) is 25.5. The summed E-state index contributed by atoms with van der Waals surface area (Å²) < 4.78 is 5.74. The summed E-state index contributed by atoms with van der Waals surface area (Å²) in [4.78, 5) is 36.1. The van der Waals surface area contributed by atoms with Crippen LogP contribution >= 0.6 is 0 Å². The molecule has 1 aliphatic rings. The first-order chi connectivity index (χ1) is 16.7. The molecule has 2 aromatic rings. The molecule has 0 radical (unpaired) electrons. The Kier molecular flexibility index (Phi) is 9.19. The number of aliphatic hydroxyl groups excluding tert-OH is 3. The van der Waals surface area contributed by atoms with Gasteiger partial charge in [-0.25, -0.2) is 4.79 Å². The number of carbonyl (C=O) groups excluding carboxylic acids is 2. The van der Waals surface area contributed by atoms with Crippen molar-refractivity contribution >= 4 is 11.8 Å². The van der Waals surface area contributed by atoms with Gasteiger partial charge in [0.05, 0.1) is 23.0 Å². The van der Waals surface area contributed by atoms with Crippen LogP contribution in [0.5, 0.6) is 0 Å². The summed E-state index contributed by atoms with van der Waals surface area (Å²) in [6, 6.07) is 15.9. The number of nitroso groups, excluding NO2 is 1. The summed E-state index contributed by atoms with van der Waals surface area (Å²) >= 11 is 0. The monoisotopic (exact) mass is 486 g/mol. The Morgan fingerprint density at radius 1 is 1.09 bits per heavy atom. The Labute approximate surface area is 203 Å². The minimum absolute atomic E-state index is 0.105. The molecule has 188 valence electrons. The molecule has 10 heteroatoms. The lowest BCUT2D eigenvalue weighted by molar-refractivity contribution is -0.447. The van der Waals surface area contributed by atoms with Crippen LogP contribution in [-0.2, 0) is 9.53 Å². The molecule has 1 heterocycles. The van der Waals surface area contributed by atoms with Crippen LogP contribution in [0, 0.1) is 4.91 Å². The topological polar surface area (TPSA) is 148 Å². The molecule has 6 unspecified atom stereocenters. The maximum atomic E-state index is 12.6. The molecule has 0 bridgehead atoms. The van der Waals surface area contributed by atoms with Crippen molar-refractivity contribution in [3.63, 3.8) is 0 Å². The summed E-state index contributed by atoms with van der Waals surface area (Å²) in [7, 11) is 1.02. The average molecular weight is 487 g/mol. The van der Waals surface area contributed by atoms with Crippen LogP contribution in [0.2, 0.25) is 0 Å². The largest absolute Gasteiger partial charge is 0.461 e. The van der Waals surface area contributed by atoms with E-state index in [2.05, 4.69) is 10.6 Å². The lowest BCUT2D eigenvalue weighted by Gasteiger charge is -2.41. The molecule has 0 aliphatic carbocycles. The van der Waals surface area contributed by atoms with Gasteiger partial charge in [-0.15, -0.1) is 0 Å². The van der Waals surface area contributed by atoms with Crippen molar-refractivity contribution < 1.29 is 34.4 Å². The van der Waals surface area contributed by atoms with Gasteiger partial charge in [0, 0.05) is 23.4 Å². The number of ether oxygens (including phenoxy) is 1. The highest BCUT2D eigenvalue weighted by atomic mass is 16.5. The van der Waals surface area contributed by atoms with Gasteiger partial charge >= 0.3 is 5.91 Å². The second-order valence-electron chi connectivity index (χ2n) is 8.52. The van der Waals surface area contributed by atoms with E-state index in [-0.39, 0.29) is 17.7 Å². The minimum Gasteiger partial charge on any atom is -0.391 e. The van der Waals surface area contributed by atoms with E-state index >= 15 is 0 Å². The maximum Gasteiger partial charge on any atom is 0.461 e. The van der Waals surface area contributed by atoms with E-state index in [0.717, 1.165) is 18.2 Å². The molecule has 6 atom stereocenters. The van der Waals surface area contributed by atoms with Gasteiger partial charge in [0.2, 0.25) is 0 Å². The molecule has 10 nitrogen and oxygen atoms in total. The van der Waals surface area contributed by atoms with E-state index in [0.29, 0.717) is 12.1 Å². The lowest BCUT2D eigenvalue weighted by Crippen LogP contribution is -2.63. The van der Waals surface area contributed by atoms with E-state index < -0.39 is 48.4 Å². The summed E-state index contributed by atoms with van der Waals surface area (Å²) in [6.07, 6.45) is -6.68. The van der Waals surface area contributed by atoms with Crippen molar-refractivity contribution in [1.82, 2.24) is 10.6 Å². The van der Waals surface area contributed by atoms with Crippen molar-refractivity contribution in [3.8, 4) is 11.1 Å². The summed E-state index contributed by atoms with van der Waals surface area (Å²) in [6.45, 7) is 1.92. The first-order valence-corrected chi connectivity index (χ1v) is 11.5. The van der Waals surface area contributed by atoms with Crippen molar-refractivity contribution in [2.75, 3.05) is 20.1 Å². The normalized spacial score (nSPS) is 23.8. The molecule has 0 spiro atoms. The zero-order valence-corrected chi connectivity index (χ0v) is 19.7. The number of hydrogen-bond donors (Lipinski definition) is 5. The van der Waals surface area contributed by atoms with Crippen molar-refractivity contribution in [2.24, 2.45) is 0 Å². The van der Waals surface area contributed by atoms with E-state index in [9.17, 15) is 29.8 Å². The van der Waals surface area contributed by atoms with Crippen LogP contribution in [0.15, 0.2) is 54.6 Å². The molecule has 0 saturated carbocycles. The quantitative estimate of drug-likeness (QED) is 0.317. The van der Waals surface area contributed by atoms with Crippen LogP contribution in [0.3, 0.4) is 0 Å². The number of hydrogen-bond acceptors (Lipinski definition) is 8. The Balaban J connectivity index is 1.63. The number of likely N-dealkylation sites (N-methyl/N-ethyl adjacent to an activating group) is 2. The maximum absolute atomic E-state index is 12.6. The fourth-order valence-electron chi connectivity index (χ4n) is 4.14. The predicted molar refractivity (Wildman–Crippen MR) is 128 cm³/mol. The molecule has 5 N–H and O–H groups in total. The smallest absolute Gasteiger partial charge is 0.391 e. The van der Waals surface area contributed by atoms with E-state index in [1.807, 2.05) is 42.5 Å². The molecule has 2 aromatic carbocycles. The van der Waals surface area contributed by atoms with Gasteiger partial charge in [-0.3, -0.25) is 4.79 Å². The number of amides is 2. The van der Waals surface area contributed by atoms with Crippen LogP contribution < -0.4 is 10.6 Å². The second kappa shape index (κ2) is 12.1. The predicted octanol–water partition coefficient (Wildman–Crippen LogP) is 0.237. The third-order valence-electron chi connectivity index (χ3n) is 6.03. The second-order valence-corrected chi connectivity index (χ2v) is 8.52. The highest BCUT2D eigenvalue weighted by molar-refractivity contribution is 5.94. The Hall–Kier alpha value is -3.02. The molecule has 3 rings (SSSR count). The number of nitrogens with one attached hydrogen (secondary N) is 2. The molecule has 35 heavy (non-hydrogen) atoms. The number of aliphatic hydroxyl groups is 3. The molecule has 1 fully saturated rings. The van der Waals surface area contributed by atoms with Gasteiger partial charge in [-0.2, -0.15) is 0 Å². The van der Waals surface area contributed by atoms with Crippen LogP contribution in [0.4, 0.5) is 0 Å². The van der Waals surface area contributed by atoms with E-state index in [4.69, 9.17) is 4.74 Å². The number of nitrogens with zero attached hydrogens (tertiary/aromatic N) is 1. The molecule has 2 amide bonds. The first-order valence-electron chi connectivity index (χ1n) is 11.5. The van der Waals surface area contributed by atoms with Crippen molar-refractivity contribution in [2.45, 2.75) is 49.9 Å². The highest BCUT2D eigenvalue weighted by Crippen LogP contribution is 2.25. The van der Waals surface area contributed by atoms with Gasteiger partial charge in [-0.05, 0) is 29.8 Å². The number of carbonyl (C=O) groups is 2. The molecule has 1 aliphatic heterocycles. The summed E-state index contributed by atoms with van der Waals surface area (Å²) in [5.41, 5.74) is 2.35. The van der Waals surface area contributed by atoms with E-state index in [1.54, 1.807) is 19.1 Å². The first kappa shape index (κ1) is 26.6. The lowest BCUT2D eigenvalue weighted by atomic mass is 9.89. The Morgan fingerprint density at radius 2 is 1.71 bits per heavy atom. The SMILES string of the molecule is CCNC1C(O)CC(C(=O)[N+](C)=O)OC1C(O)C(O)CNC(=O)c1ccc(-c2ccccc2)cc1. The number of benzene rings is 2. The van der Waals surface area contributed by atoms with Gasteiger partial charge < -0.3 is 30.7 Å². The summed E-state index contributed by atoms with van der Waals surface area (Å²) in [5, 5.41) is 37.4. The van der Waals surface area contributed by atoms with Gasteiger partial charge in [0.25, 0.3) is 5.91 Å². The Bertz CT molecular complexity index is 1020. The molecule has 0 aromatic heterocycles. The van der Waals surface area contributed by atoms with Crippen molar-refractivity contribution in [1.29, 1.82) is 0 Å². The molecular weight excluding hydrogens is 454 g/mol. The standard InChI is InChI=1S/C25H31N3O7/c1-3-26-21-18(29)13-20(25(33)28(2)34)35-23(21)22(31)19(30)14-27-24(32)17-11-9-16(10-12-17)15-7-5-4-6-8-15/h4-12,18-23,26,29-31H,3,13-14H2,1-2H3/p+1. The van der Waals surface area contributed by atoms with E-state index in [1.165, 1.54) is 0 Å².